The molecule has 3 atom stereocenters. The van der Waals surface area contributed by atoms with Gasteiger partial charge in [-0.3, -0.25) is 14.7 Å². The third-order valence-corrected chi connectivity index (χ3v) is 5.82. The largest absolute Gasteiger partial charge is 0.446 e. The van der Waals surface area contributed by atoms with Crippen LogP contribution in [0.1, 0.15) is 59.9 Å². The van der Waals surface area contributed by atoms with E-state index in [2.05, 4.69) is 5.32 Å². The number of ether oxygens (including phenoxy) is 1. The summed E-state index contributed by atoms with van der Waals surface area (Å²) in [7, 11) is 0. The van der Waals surface area contributed by atoms with Crippen molar-refractivity contribution in [3.63, 3.8) is 0 Å². The minimum Gasteiger partial charge on any atom is -0.446 e. The zero-order chi connectivity index (χ0) is 20.1. The lowest BCUT2D eigenvalue weighted by molar-refractivity contribution is 0.0939. The fourth-order valence-corrected chi connectivity index (χ4v) is 3.86. The topological polar surface area (TPSA) is 71.5 Å². The van der Waals surface area contributed by atoms with Gasteiger partial charge < -0.3 is 10.1 Å². The number of fused-ring (bicyclic) bond motifs is 3. The molecular weight excluding hydrogens is 373 g/mol. The average Bonchev–Trinajstić information content (AvgIpc) is 3.62. The third kappa shape index (κ3) is 3.57. The van der Waals surface area contributed by atoms with Gasteiger partial charge in [-0.25, -0.2) is 9.18 Å². The Kier molecular flexibility index (Phi) is 4.26. The monoisotopic (exact) mass is 395 g/mol. The van der Waals surface area contributed by atoms with Gasteiger partial charge in [0.15, 0.2) is 0 Å². The predicted octanol–water partition coefficient (Wildman–Crippen LogP) is 3.93. The van der Waals surface area contributed by atoms with Crippen LogP contribution in [-0.4, -0.2) is 29.6 Å². The maximum Gasteiger partial charge on any atom is 0.414 e. The fraction of sp³-hybridized carbons (Fsp3) is 0.409. The van der Waals surface area contributed by atoms with Crippen LogP contribution in [0.3, 0.4) is 0 Å². The number of hydrogen-bond acceptors (Lipinski definition) is 4. The van der Waals surface area contributed by atoms with Crippen molar-refractivity contribution in [1.82, 2.24) is 10.3 Å². The molecule has 150 valence electrons. The number of aromatic nitrogens is 1. The summed E-state index contributed by atoms with van der Waals surface area (Å²) in [5.74, 6) is 0.140. The molecule has 6 nitrogen and oxygen atoms in total. The first-order valence-electron chi connectivity index (χ1n) is 10.0. The molecule has 2 aromatic rings. The van der Waals surface area contributed by atoms with E-state index < -0.39 is 0 Å². The van der Waals surface area contributed by atoms with Gasteiger partial charge in [0.1, 0.15) is 11.9 Å². The maximum absolute atomic E-state index is 13.1. The number of carbonyl (C=O) groups excluding carboxylic acids is 2. The van der Waals surface area contributed by atoms with Gasteiger partial charge in [-0.2, -0.15) is 0 Å². The molecule has 0 unspecified atom stereocenters. The number of amides is 2. The van der Waals surface area contributed by atoms with E-state index in [4.69, 9.17) is 9.72 Å². The lowest BCUT2D eigenvalue weighted by Gasteiger charge is -2.28. The van der Waals surface area contributed by atoms with Crippen LogP contribution in [0.2, 0.25) is 0 Å². The molecule has 5 rings (SSSR count). The summed E-state index contributed by atoms with van der Waals surface area (Å²) in [5, 5.41) is 2.91. The van der Waals surface area contributed by atoms with Crippen molar-refractivity contribution < 1.29 is 18.7 Å². The highest BCUT2D eigenvalue weighted by molar-refractivity contribution is 5.94. The number of halogens is 1. The highest BCUT2D eigenvalue weighted by atomic mass is 19.1. The van der Waals surface area contributed by atoms with Crippen LogP contribution >= 0.6 is 0 Å². The molecule has 1 aromatic carbocycles. The maximum atomic E-state index is 13.1. The number of hydrogen-bond donors (Lipinski definition) is 1. The smallest absolute Gasteiger partial charge is 0.414 e. The lowest BCUT2D eigenvalue weighted by atomic mass is 10.1. The third-order valence-electron chi connectivity index (χ3n) is 5.82. The van der Waals surface area contributed by atoms with E-state index in [1.165, 1.54) is 24.3 Å². The first-order chi connectivity index (χ1) is 14.0. The van der Waals surface area contributed by atoms with Gasteiger partial charge in [0.05, 0.1) is 23.1 Å². The average molecular weight is 395 g/mol. The molecule has 3 aliphatic rings. The van der Waals surface area contributed by atoms with E-state index in [9.17, 15) is 14.0 Å². The van der Waals surface area contributed by atoms with Crippen LogP contribution in [-0.2, 0) is 4.74 Å². The van der Waals surface area contributed by atoms with Crippen molar-refractivity contribution in [2.45, 2.75) is 44.2 Å². The van der Waals surface area contributed by atoms with Crippen LogP contribution < -0.4 is 10.2 Å². The zero-order valence-corrected chi connectivity index (χ0v) is 16.1. The molecule has 0 bridgehead atoms. The van der Waals surface area contributed by atoms with Crippen LogP contribution in [0.5, 0.6) is 0 Å². The molecule has 1 aliphatic heterocycles. The summed E-state index contributed by atoms with van der Waals surface area (Å²) in [6, 6.07) is 8.86. The van der Waals surface area contributed by atoms with Crippen molar-refractivity contribution in [3.8, 4) is 0 Å². The first-order valence-corrected chi connectivity index (χ1v) is 10.0. The van der Waals surface area contributed by atoms with E-state index in [1.807, 2.05) is 19.1 Å². The predicted molar refractivity (Wildman–Crippen MR) is 104 cm³/mol. The molecule has 2 fully saturated rings. The molecular formula is C22H22FN3O3. The molecule has 2 saturated carbocycles. The van der Waals surface area contributed by atoms with Gasteiger partial charge in [0.2, 0.25) is 0 Å². The molecule has 2 amide bonds. The van der Waals surface area contributed by atoms with Crippen molar-refractivity contribution >= 4 is 17.7 Å². The number of nitrogens with one attached hydrogen (secondary N) is 1. The summed E-state index contributed by atoms with van der Waals surface area (Å²) < 4.78 is 18.5. The Morgan fingerprint density at radius 2 is 1.97 bits per heavy atom. The summed E-state index contributed by atoms with van der Waals surface area (Å²) in [6.07, 6.45) is 2.69. The molecule has 1 N–H and O–H groups in total. The zero-order valence-electron chi connectivity index (χ0n) is 16.1. The number of pyridine rings is 1. The Labute approximate surface area is 168 Å². The van der Waals surface area contributed by atoms with E-state index in [-0.39, 0.29) is 30.0 Å². The van der Waals surface area contributed by atoms with Gasteiger partial charge in [-0.15, -0.1) is 0 Å². The van der Waals surface area contributed by atoms with Crippen molar-refractivity contribution in [1.29, 1.82) is 0 Å². The Bertz CT molecular complexity index is 974. The van der Waals surface area contributed by atoms with Crippen LogP contribution in [0, 0.1) is 11.7 Å². The second kappa shape index (κ2) is 6.83. The first kappa shape index (κ1) is 18.1. The Hall–Kier alpha value is -2.96. The Balaban J connectivity index is 1.34. The number of nitrogens with zero attached hydrogens (tertiary/aromatic N) is 2. The SMILES string of the molecule is C[C@@H](NC(=O)c1ccc(F)cc1)c1ccc2c(n1)[C@H]1C[C@H]1CN2C(=O)OC1CC1. The quantitative estimate of drug-likeness (QED) is 0.851. The van der Waals surface area contributed by atoms with Crippen molar-refractivity contribution in [3.05, 3.63) is 59.2 Å². The van der Waals surface area contributed by atoms with Gasteiger partial charge in [-0.05, 0) is 68.5 Å². The fourth-order valence-electron chi connectivity index (χ4n) is 3.86. The van der Waals surface area contributed by atoms with Gasteiger partial charge in [0.25, 0.3) is 5.91 Å². The van der Waals surface area contributed by atoms with Crippen molar-refractivity contribution in [2.24, 2.45) is 5.92 Å². The van der Waals surface area contributed by atoms with E-state index >= 15 is 0 Å². The van der Waals surface area contributed by atoms with Crippen LogP contribution in [0.25, 0.3) is 0 Å². The molecule has 0 saturated heterocycles. The molecule has 0 spiro atoms. The lowest BCUT2D eigenvalue weighted by Crippen LogP contribution is -2.37. The Morgan fingerprint density at radius 1 is 1.21 bits per heavy atom. The summed E-state index contributed by atoms with van der Waals surface area (Å²) in [5.41, 5.74) is 2.86. The minimum absolute atomic E-state index is 0.0665. The molecule has 0 radical (unpaired) electrons. The summed E-state index contributed by atoms with van der Waals surface area (Å²) in [4.78, 5) is 31.4. The van der Waals surface area contributed by atoms with Crippen molar-refractivity contribution in [2.75, 3.05) is 11.4 Å². The van der Waals surface area contributed by atoms with E-state index in [1.54, 1.807) is 4.90 Å². The van der Waals surface area contributed by atoms with Gasteiger partial charge in [0, 0.05) is 18.0 Å². The second-order valence-corrected chi connectivity index (χ2v) is 8.14. The highest BCUT2D eigenvalue weighted by Crippen LogP contribution is 2.54. The molecule has 29 heavy (non-hydrogen) atoms. The second-order valence-electron chi connectivity index (χ2n) is 8.14. The van der Waals surface area contributed by atoms with Crippen LogP contribution in [0.15, 0.2) is 36.4 Å². The number of benzene rings is 1. The standard InChI is InChI=1S/C22H22FN3O3/c1-12(24-21(27)13-2-4-15(23)5-3-13)18-8-9-19-20(25-18)17-10-14(17)11-26(19)22(28)29-16-6-7-16/h2-5,8-9,12,14,16-17H,6-7,10-11H2,1H3,(H,24,27)/t12-,14+,17+/m1/s1. The molecule has 7 heteroatoms. The minimum atomic E-state index is -0.380. The number of carbonyl (C=O) groups is 2. The van der Waals surface area contributed by atoms with Gasteiger partial charge in [-0.1, -0.05) is 0 Å². The molecule has 2 heterocycles. The highest BCUT2D eigenvalue weighted by Gasteiger charge is 2.48. The van der Waals surface area contributed by atoms with E-state index in [0.29, 0.717) is 23.9 Å². The Morgan fingerprint density at radius 3 is 2.69 bits per heavy atom. The van der Waals surface area contributed by atoms with Gasteiger partial charge >= 0.3 is 6.09 Å². The number of rotatable bonds is 4. The normalized spacial score (nSPS) is 22.9. The molecule has 2 aliphatic carbocycles. The molecule has 1 aromatic heterocycles. The van der Waals surface area contributed by atoms with E-state index in [0.717, 1.165) is 36.3 Å². The number of anilines is 1. The summed E-state index contributed by atoms with van der Waals surface area (Å²) >= 11 is 0. The summed E-state index contributed by atoms with van der Waals surface area (Å²) in [6.45, 7) is 2.55. The van der Waals surface area contributed by atoms with Crippen LogP contribution in [0.4, 0.5) is 14.9 Å².